The number of nitrogens with zero attached hydrogens (tertiary/aromatic N) is 1. The second-order valence-corrected chi connectivity index (χ2v) is 5.13. The van der Waals surface area contributed by atoms with Gasteiger partial charge in [0.1, 0.15) is 0 Å². The van der Waals surface area contributed by atoms with Gasteiger partial charge in [-0.2, -0.15) is 0 Å². The Morgan fingerprint density at radius 3 is 2.45 bits per heavy atom. The fourth-order valence-corrected chi connectivity index (χ4v) is 2.21. The summed E-state index contributed by atoms with van der Waals surface area (Å²) in [7, 11) is 1.74. The van der Waals surface area contributed by atoms with Crippen LogP contribution in [0.4, 0.5) is 5.69 Å². The SMILES string of the molecule is CCCCN(CCCCNCCOC)c1ccccc1. The van der Waals surface area contributed by atoms with Gasteiger partial charge in [-0.15, -0.1) is 0 Å². The van der Waals surface area contributed by atoms with Crippen LogP contribution in [0, 0.1) is 0 Å². The molecule has 0 aliphatic carbocycles. The summed E-state index contributed by atoms with van der Waals surface area (Å²) < 4.78 is 5.02. The van der Waals surface area contributed by atoms with E-state index in [2.05, 4.69) is 47.5 Å². The summed E-state index contributed by atoms with van der Waals surface area (Å²) in [6.07, 6.45) is 4.97. The third-order valence-corrected chi connectivity index (χ3v) is 3.42. The maximum atomic E-state index is 5.02. The van der Waals surface area contributed by atoms with Crippen molar-refractivity contribution in [1.29, 1.82) is 0 Å². The average molecular weight is 278 g/mol. The van der Waals surface area contributed by atoms with Crippen LogP contribution in [-0.4, -0.2) is 39.9 Å². The Balaban J connectivity index is 2.24. The Labute approximate surface area is 124 Å². The summed E-state index contributed by atoms with van der Waals surface area (Å²) in [6.45, 7) is 7.40. The van der Waals surface area contributed by atoms with Gasteiger partial charge in [-0.1, -0.05) is 31.5 Å². The van der Waals surface area contributed by atoms with Gasteiger partial charge in [0.05, 0.1) is 6.61 Å². The van der Waals surface area contributed by atoms with E-state index < -0.39 is 0 Å². The number of hydrogen-bond acceptors (Lipinski definition) is 3. The van der Waals surface area contributed by atoms with E-state index in [0.717, 1.165) is 32.8 Å². The maximum Gasteiger partial charge on any atom is 0.0587 e. The molecule has 0 atom stereocenters. The number of methoxy groups -OCH3 is 1. The molecule has 0 radical (unpaired) electrons. The van der Waals surface area contributed by atoms with Crippen molar-refractivity contribution in [2.24, 2.45) is 0 Å². The van der Waals surface area contributed by atoms with Crippen LogP contribution in [0.1, 0.15) is 32.6 Å². The number of hydrogen-bond donors (Lipinski definition) is 1. The van der Waals surface area contributed by atoms with E-state index in [4.69, 9.17) is 4.74 Å². The smallest absolute Gasteiger partial charge is 0.0587 e. The minimum atomic E-state index is 0.798. The molecular weight excluding hydrogens is 248 g/mol. The van der Waals surface area contributed by atoms with Crippen molar-refractivity contribution >= 4 is 5.69 Å². The lowest BCUT2D eigenvalue weighted by atomic mass is 10.2. The number of para-hydroxylation sites is 1. The molecule has 0 spiro atoms. The zero-order chi connectivity index (χ0) is 14.5. The Hall–Kier alpha value is -1.06. The predicted molar refractivity (Wildman–Crippen MR) is 87.5 cm³/mol. The molecule has 0 saturated carbocycles. The summed E-state index contributed by atoms with van der Waals surface area (Å²) in [6, 6.07) is 10.8. The Kier molecular flexibility index (Phi) is 9.98. The molecule has 0 aromatic heterocycles. The molecule has 1 aromatic carbocycles. The molecule has 0 aliphatic heterocycles. The normalized spacial score (nSPS) is 10.7. The first-order valence-corrected chi connectivity index (χ1v) is 7.88. The summed E-state index contributed by atoms with van der Waals surface area (Å²) in [5.41, 5.74) is 1.35. The van der Waals surface area contributed by atoms with Crippen LogP contribution in [0.5, 0.6) is 0 Å². The Morgan fingerprint density at radius 1 is 1.00 bits per heavy atom. The van der Waals surface area contributed by atoms with Gasteiger partial charge >= 0.3 is 0 Å². The van der Waals surface area contributed by atoms with Crippen LogP contribution in [0.25, 0.3) is 0 Å². The van der Waals surface area contributed by atoms with Crippen molar-refractivity contribution in [3.05, 3.63) is 30.3 Å². The summed E-state index contributed by atoms with van der Waals surface area (Å²) in [5.74, 6) is 0. The number of benzene rings is 1. The molecular formula is C17H30N2O. The van der Waals surface area contributed by atoms with Crippen molar-refractivity contribution in [3.8, 4) is 0 Å². The van der Waals surface area contributed by atoms with Gasteiger partial charge in [0.2, 0.25) is 0 Å². The van der Waals surface area contributed by atoms with Crippen molar-refractivity contribution in [3.63, 3.8) is 0 Å². The minimum absolute atomic E-state index is 0.798. The topological polar surface area (TPSA) is 24.5 Å². The monoisotopic (exact) mass is 278 g/mol. The van der Waals surface area contributed by atoms with Gasteiger partial charge in [-0.3, -0.25) is 0 Å². The average Bonchev–Trinajstić information content (AvgIpc) is 2.50. The Bertz CT molecular complexity index is 316. The van der Waals surface area contributed by atoms with Crippen molar-refractivity contribution < 1.29 is 4.74 Å². The summed E-state index contributed by atoms with van der Waals surface area (Å²) in [5, 5.41) is 3.40. The molecule has 0 heterocycles. The molecule has 0 amide bonds. The van der Waals surface area contributed by atoms with Crippen LogP contribution in [0.3, 0.4) is 0 Å². The first-order chi connectivity index (χ1) is 9.88. The second-order valence-electron chi connectivity index (χ2n) is 5.13. The number of anilines is 1. The molecule has 3 nitrogen and oxygen atoms in total. The molecule has 0 bridgehead atoms. The highest BCUT2D eigenvalue weighted by Gasteiger charge is 2.04. The molecule has 20 heavy (non-hydrogen) atoms. The van der Waals surface area contributed by atoms with Crippen LogP contribution in [0.2, 0.25) is 0 Å². The van der Waals surface area contributed by atoms with Crippen molar-refractivity contribution in [1.82, 2.24) is 5.32 Å². The lowest BCUT2D eigenvalue weighted by Crippen LogP contribution is -2.27. The fraction of sp³-hybridized carbons (Fsp3) is 0.647. The van der Waals surface area contributed by atoms with Crippen LogP contribution >= 0.6 is 0 Å². The van der Waals surface area contributed by atoms with Crippen LogP contribution in [0.15, 0.2) is 30.3 Å². The zero-order valence-electron chi connectivity index (χ0n) is 13.1. The van der Waals surface area contributed by atoms with E-state index in [0.29, 0.717) is 0 Å². The molecule has 114 valence electrons. The van der Waals surface area contributed by atoms with E-state index in [9.17, 15) is 0 Å². The van der Waals surface area contributed by atoms with Gasteiger partial charge in [0.25, 0.3) is 0 Å². The predicted octanol–water partition coefficient (Wildman–Crippen LogP) is 3.31. The first-order valence-electron chi connectivity index (χ1n) is 7.88. The van der Waals surface area contributed by atoms with Crippen LogP contribution in [-0.2, 0) is 4.74 Å². The van der Waals surface area contributed by atoms with Gasteiger partial charge in [0, 0.05) is 32.4 Å². The maximum absolute atomic E-state index is 5.02. The fourth-order valence-electron chi connectivity index (χ4n) is 2.21. The lowest BCUT2D eigenvalue weighted by Gasteiger charge is -2.24. The molecule has 0 saturated heterocycles. The standard InChI is InChI=1S/C17H30N2O/c1-3-4-14-19(17-10-6-5-7-11-17)15-9-8-12-18-13-16-20-2/h5-7,10-11,18H,3-4,8-9,12-16H2,1-2H3. The Morgan fingerprint density at radius 2 is 1.75 bits per heavy atom. The van der Waals surface area contributed by atoms with E-state index in [1.165, 1.54) is 31.4 Å². The van der Waals surface area contributed by atoms with Gasteiger partial charge in [-0.25, -0.2) is 0 Å². The highest BCUT2D eigenvalue weighted by Crippen LogP contribution is 2.14. The zero-order valence-corrected chi connectivity index (χ0v) is 13.1. The highest BCUT2D eigenvalue weighted by molar-refractivity contribution is 5.45. The van der Waals surface area contributed by atoms with Crippen LogP contribution < -0.4 is 10.2 Å². The van der Waals surface area contributed by atoms with E-state index in [-0.39, 0.29) is 0 Å². The number of unbranched alkanes of at least 4 members (excludes halogenated alkanes) is 2. The molecule has 0 aliphatic rings. The van der Waals surface area contributed by atoms with Gasteiger partial charge in [0.15, 0.2) is 0 Å². The minimum Gasteiger partial charge on any atom is -0.383 e. The van der Waals surface area contributed by atoms with E-state index >= 15 is 0 Å². The molecule has 1 rings (SSSR count). The van der Waals surface area contributed by atoms with Gasteiger partial charge in [-0.05, 0) is 37.9 Å². The lowest BCUT2D eigenvalue weighted by molar-refractivity contribution is 0.199. The van der Waals surface area contributed by atoms with Gasteiger partial charge < -0.3 is 15.0 Å². The van der Waals surface area contributed by atoms with E-state index in [1.807, 2.05) is 0 Å². The third kappa shape index (κ3) is 7.51. The summed E-state index contributed by atoms with van der Waals surface area (Å²) in [4.78, 5) is 2.51. The molecule has 0 unspecified atom stereocenters. The quantitative estimate of drug-likeness (QED) is 0.594. The van der Waals surface area contributed by atoms with Crippen molar-refractivity contribution in [2.45, 2.75) is 32.6 Å². The highest BCUT2D eigenvalue weighted by atomic mass is 16.5. The van der Waals surface area contributed by atoms with Crippen molar-refractivity contribution in [2.75, 3.05) is 44.8 Å². The molecule has 3 heteroatoms. The number of ether oxygens (including phenoxy) is 1. The molecule has 1 N–H and O–H groups in total. The largest absolute Gasteiger partial charge is 0.383 e. The third-order valence-electron chi connectivity index (χ3n) is 3.42. The molecule has 0 fully saturated rings. The number of rotatable bonds is 12. The summed E-state index contributed by atoms with van der Waals surface area (Å²) >= 11 is 0. The molecule has 1 aromatic rings. The number of nitrogens with one attached hydrogen (secondary N) is 1. The van der Waals surface area contributed by atoms with E-state index in [1.54, 1.807) is 7.11 Å². The second kappa shape index (κ2) is 11.7. The first kappa shape index (κ1) is 17.0.